The summed E-state index contributed by atoms with van der Waals surface area (Å²) in [5, 5.41) is 9.28. The van der Waals surface area contributed by atoms with E-state index in [0.29, 0.717) is 12.6 Å². The molecule has 4 heteroatoms. The second-order valence-corrected chi connectivity index (χ2v) is 3.93. The van der Waals surface area contributed by atoms with Crippen molar-refractivity contribution in [2.24, 2.45) is 0 Å². The number of ether oxygens (including phenoxy) is 1. The smallest absolute Gasteiger partial charge is 0.319 e. The van der Waals surface area contributed by atoms with Crippen LogP contribution >= 0.6 is 0 Å². The van der Waals surface area contributed by atoms with Crippen LogP contribution in [0.25, 0.3) is 0 Å². The van der Waals surface area contributed by atoms with E-state index in [0.717, 1.165) is 25.8 Å². The molecule has 1 heterocycles. The van der Waals surface area contributed by atoms with Crippen molar-refractivity contribution in [1.82, 2.24) is 4.90 Å². The molecule has 0 aromatic heterocycles. The predicted octanol–water partition coefficient (Wildman–Crippen LogP) is 0.395. The van der Waals surface area contributed by atoms with Gasteiger partial charge in [-0.2, -0.15) is 0 Å². The van der Waals surface area contributed by atoms with Gasteiger partial charge in [0.05, 0.1) is 19.8 Å². The Morgan fingerprint density at radius 1 is 1.71 bits per heavy atom. The second kappa shape index (κ2) is 5.32. The van der Waals surface area contributed by atoms with E-state index in [1.165, 1.54) is 7.11 Å². The molecule has 1 saturated heterocycles. The third-order valence-electron chi connectivity index (χ3n) is 2.67. The topological polar surface area (TPSA) is 49.8 Å². The highest BCUT2D eigenvalue weighted by molar-refractivity contribution is 5.71. The van der Waals surface area contributed by atoms with E-state index in [-0.39, 0.29) is 12.1 Å². The minimum absolute atomic E-state index is 0.192. The molecule has 0 aliphatic carbocycles. The Bertz CT molecular complexity index is 194. The molecule has 1 fully saturated rings. The fraction of sp³-hybridized carbons (Fsp3) is 0.900. The van der Waals surface area contributed by atoms with Crippen molar-refractivity contribution >= 4 is 5.97 Å². The average Bonchev–Trinajstić information content (AvgIpc) is 2.52. The normalized spacial score (nSPS) is 24.9. The Kier molecular flexibility index (Phi) is 4.35. The molecule has 82 valence electrons. The number of nitrogens with zero attached hydrogens (tertiary/aromatic N) is 1. The van der Waals surface area contributed by atoms with E-state index in [4.69, 9.17) is 0 Å². The highest BCUT2D eigenvalue weighted by atomic mass is 16.5. The van der Waals surface area contributed by atoms with Crippen molar-refractivity contribution in [3.8, 4) is 0 Å². The molecule has 14 heavy (non-hydrogen) atoms. The van der Waals surface area contributed by atoms with Crippen molar-refractivity contribution in [3.63, 3.8) is 0 Å². The van der Waals surface area contributed by atoms with Crippen molar-refractivity contribution < 1.29 is 14.6 Å². The van der Waals surface area contributed by atoms with Gasteiger partial charge in [0.25, 0.3) is 0 Å². The summed E-state index contributed by atoms with van der Waals surface area (Å²) < 4.78 is 4.62. The van der Waals surface area contributed by atoms with Crippen LogP contribution in [0.15, 0.2) is 0 Å². The first kappa shape index (κ1) is 11.5. The number of aliphatic hydroxyl groups is 1. The molecule has 0 spiro atoms. The molecule has 1 N–H and O–H groups in total. The largest absolute Gasteiger partial charge is 0.468 e. The molecule has 0 saturated carbocycles. The van der Waals surface area contributed by atoms with Crippen molar-refractivity contribution in [2.75, 3.05) is 20.2 Å². The van der Waals surface area contributed by atoms with Gasteiger partial charge in [-0.15, -0.1) is 0 Å². The standard InChI is InChI=1S/C10H19NO3/c1-8(12)6-9-4-3-5-11(9)7-10(13)14-2/h8-9,12H,3-7H2,1-2H3. The number of carbonyl (C=O) groups excluding carboxylic acids is 1. The van der Waals surface area contributed by atoms with Crippen LogP contribution in [0, 0.1) is 0 Å². The lowest BCUT2D eigenvalue weighted by atomic mass is 10.1. The molecule has 0 amide bonds. The van der Waals surface area contributed by atoms with Gasteiger partial charge in [0, 0.05) is 6.04 Å². The third kappa shape index (κ3) is 3.27. The molecular weight excluding hydrogens is 182 g/mol. The van der Waals surface area contributed by atoms with Crippen LogP contribution < -0.4 is 0 Å². The molecule has 0 bridgehead atoms. The summed E-state index contributed by atoms with van der Waals surface area (Å²) in [7, 11) is 1.40. The van der Waals surface area contributed by atoms with Crippen LogP contribution in [-0.2, 0) is 9.53 Å². The van der Waals surface area contributed by atoms with E-state index in [1.54, 1.807) is 6.92 Å². The summed E-state index contributed by atoms with van der Waals surface area (Å²) in [6.07, 6.45) is 2.63. The summed E-state index contributed by atoms with van der Waals surface area (Å²) in [4.78, 5) is 13.2. The summed E-state index contributed by atoms with van der Waals surface area (Å²) in [6.45, 7) is 3.08. The van der Waals surface area contributed by atoms with Gasteiger partial charge in [0.2, 0.25) is 0 Å². The molecule has 2 atom stereocenters. The zero-order chi connectivity index (χ0) is 10.6. The molecule has 0 radical (unpaired) electrons. The highest BCUT2D eigenvalue weighted by Crippen LogP contribution is 2.20. The SMILES string of the molecule is COC(=O)CN1CCCC1CC(C)O. The maximum Gasteiger partial charge on any atom is 0.319 e. The first-order valence-corrected chi connectivity index (χ1v) is 5.12. The van der Waals surface area contributed by atoms with Crippen LogP contribution in [0.1, 0.15) is 26.2 Å². The van der Waals surface area contributed by atoms with Crippen molar-refractivity contribution in [3.05, 3.63) is 0 Å². The molecule has 0 aromatic carbocycles. The van der Waals surface area contributed by atoms with Gasteiger partial charge in [-0.3, -0.25) is 9.69 Å². The Morgan fingerprint density at radius 2 is 2.43 bits per heavy atom. The van der Waals surface area contributed by atoms with Crippen LogP contribution in [-0.4, -0.2) is 48.3 Å². The van der Waals surface area contributed by atoms with Gasteiger partial charge in [-0.1, -0.05) is 0 Å². The first-order valence-electron chi connectivity index (χ1n) is 5.12. The van der Waals surface area contributed by atoms with Crippen LogP contribution in [0.5, 0.6) is 0 Å². The lowest BCUT2D eigenvalue weighted by Crippen LogP contribution is -2.36. The minimum atomic E-state index is -0.293. The zero-order valence-corrected chi connectivity index (χ0v) is 8.90. The van der Waals surface area contributed by atoms with E-state index in [2.05, 4.69) is 9.64 Å². The van der Waals surface area contributed by atoms with Gasteiger partial charge < -0.3 is 9.84 Å². The van der Waals surface area contributed by atoms with E-state index in [1.807, 2.05) is 0 Å². The average molecular weight is 201 g/mol. The third-order valence-corrected chi connectivity index (χ3v) is 2.67. The Hall–Kier alpha value is -0.610. The number of carbonyl (C=O) groups is 1. The van der Waals surface area contributed by atoms with Crippen molar-refractivity contribution in [2.45, 2.75) is 38.3 Å². The van der Waals surface area contributed by atoms with Gasteiger partial charge in [0.15, 0.2) is 0 Å². The van der Waals surface area contributed by atoms with Gasteiger partial charge in [0.1, 0.15) is 0 Å². The number of rotatable bonds is 4. The Morgan fingerprint density at radius 3 is 3.00 bits per heavy atom. The molecule has 1 aliphatic rings. The Balaban J connectivity index is 2.38. The minimum Gasteiger partial charge on any atom is -0.468 e. The first-order chi connectivity index (χ1) is 6.63. The Labute approximate surface area is 84.8 Å². The molecule has 4 nitrogen and oxygen atoms in total. The molecular formula is C10H19NO3. The number of aliphatic hydroxyl groups excluding tert-OH is 1. The van der Waals surface area contributed by atoms with Crippen molar-refractivity contribution in [1.29, 1.82) is 0 Å². The predicted molar refractivity (Wildman–Crippen MR) is 52.9 cm³/mol. The number of methoxy groups -OCH3 is 1. The van der Waals surface area contributed by atoms with Gasteiger partial charge in [-0.25, -0.2) is 0 Å². The fourth-order valence-electron chi connectivity index (χ4n) is 1.99. The second-order valence-electron chi connectivity index (χ2n) is 3.93. The zero-order valence-electron chi connectivity index (χ0n) is 8.90. The van der Waals surface area contributed by atoms with Crippen LogP contribution in [0.3, 0.4) is 0 Å². The van der Waals surface area contributed by atoms with Crippen LogP contribution in [0.2, 0.25) is 0 Å². The monoisotopic (exact) mass is 201 g/mol. The molecule has 1 aliphatic heterocycles. The van der Waals surface area contributed by atoms with Gasteiger partial charge in [-0.05, 0) is 32.7 Å². The van der Waals surface area contributed by atoms with Crippen LogP contribution in [0.4, 0.5) is 0 Å². The van der Waals surface area contributed by atoms with E-state index < -0.39 is 0 Å². The lowest BCUT2D eigenvalue weighted by molar-refractivity contribution is -0.142. The summed E-state index contributed by atoms with van der Waals surface area (Å²) >= 11 is 0. The number of hydrogen-bond acceptors (Lipinski definition) is 4. The summed E-state index contributed by atoms with van der Waals surface area (Å²) in [6, 6.07) is 0.342. The number of esters is 1. The fourth-order valence-corrected chi connectivity index (χ4v) is 1.99. The molecule has 1 rings (SSSR count). The lowest BCUT2D eigenvalue weighted by Gasteiger charge is -2.23. The van der Waals surface area contributed by atoms with E-state index in [9.17, 15) is 9.90 Å². The number of hydrogen-bond donors (Lipinski definition) is 1. The number of likely N-dealkylation sites (tertiary alicyclic amines) is 1. The van der Waals surface area contributed by atoms with Gasteiger partial charge >= 0.3 is 5.97 Å². The quantitative estimate of drug-likeness (QED) is 0.669. The van der Waals surface area contributed by atoms with E-state index >= 15 is 0 Å². The summed E-state index contributed by atoms with van der Waals surface area (Å²) in [5.74, 6) is -0.192. The summed E-state index contributed by atoms with van der Waals surface area (Å²) in [5.41, 5.74) is 0. The molecule has 0 aromatic rings. The maximum atomic E-state index is 11.1. The highest BCUT2D eigenvalue weighted by Gasteiger charge is 2.27. The maximum absolute atomic E-state index is 11.1. The molecule has 2 unspecified atom stereocenters.